The molecular weight excluding hydrogens is 332 g/mol. The first-order chi connectivity index (χ1) is 12.4. The Morgan fingerprint density at radius 2 is 0.815 bits per heavy atom. The Morgan fingerprint density at radius 3 is 1.07 bits per heavy atom. The lowest BCUT2D eigenvalue weighted by Crippen LogP contribution is -2.20. The fraction of sp³-hybridized carbons (Fsp3) is 0.520. The zero-order valence-electron chi connectivity index (χ0n) is 18.3. The molecule has 0 atom stereocenters. The molecule has 0 saturated heterocycles. The molecule has 0 saturated carbocycles. The minimum atomic E-state index is -0.0783. The first-order valence-corrected chi connectivity index (χ1v) is 9.84. The topological polar surface area (TPSA) is 18.5 Å². The predicted octanol–water partition coefficient (Wildman–Crippen LogP) is 6.86. The molecule has 2 aromatic carbocycles. The number of benzene rings is 2. The van der Waals surface area contributed by atoms with E-state index < -0.39 is 0 Å². The largest absolute Gasteiger partial charge is 0.493 e. The molecule has 0 amide bonds. The number of ether oxygens (including phenoxy) is 2. The standard InChI is InChI=1S/C25H36O2/c1-23(2,3)17-26-21-13-9-19(10-14-21)25(7,8)20-11-15-22(16-12-20)27-18-24(4,5)6/h9-16H,17-18H2,1-8H3. The van der Waals surface area contributed by atoms with Crippen LogP contribution in [-0.4, -0.2) is 13.2 Å². The van der Waals surface area contributed by atoms with Crippen LogP contribution in [0.15, 0.2) is 48.5 Å². The van der Waals surface area contributed by atoms with Crippen LogP contribution in [0.2, 0.25) is 0 Å². The summed E-state index contributed by atoms with van der Waals surface area (Å²) in [4.78, 5) is 0. The molecule has 2 rings (SSSR count). The van der Waals surface area contributed by atoms with E-state index in [-0.39, 0.29) is 16.2 Å². The van der Waals surface area contributed by atoms with Gasteiger partial charge in [0.25, 0.3) is 0 Å². The molecule has 0 N–H and O–H groups in total. The van der Waals surface area contributed by atoms with E-state index in [0.717, 1.165) is 11.5 Å². The van der Waals surface area contributed by atoms with Gasteiger partial charge in [-0.15, -0.1) is 0 Å². The molecule has 2 nitrogen and oxygen atoms in total. The predicted molar refractivity (Wildman–Crippen MR) is 115 cm³/mol. The van der Waals surface area contributed by atoms with Crippen molar-refractivity contribution >= 4 is 0 Å². The van der Waals surface area contributed by atoms with Gasteiger partial charge in [-0.25, -0.2) is 0 Å². The molecule has 0 spiro atoms. The first kappa shape index (κ1) is 21.3. The monoisotopic (exact) mass is 368 g/mol. The Balaban J connectivity index is 2.08. The van der Waals surface area contributed by atoms with Crippen LogP contribution in [0, 0.1) is 10.8 Å². The second-order valence-electron chi connectivity index (χ2n) is 10.4. The van der Waals surface area contributed by atoms with Crippen LogP contribution >= 0.6 is 0 Å². The zero-order valence-corrected chi connectivity index (χ0v) is 18.3. The Hall–Kier alpha value is -1.96. The van der Waals surface area contributed by atoms with Crippen LogP contribution in [0.5, 0.6) is 11.5 Å². The van der Waals surface area contributed by atoms with Crippen molar-refractivity contribution in [3.05, 3.63) is 59.7 Å². The Labute approximate surface area is 165 Å². The summed E-state index contributed by atoms with van der Waals surface area (Å²) in [6.07, 6.45) is 0. The van der Waals surface area contributed by atoms with Crippen LogP contribution in [0.3, 0.4) is 0 Å². The van der Waals surface area contributed by atoms with Crippen molar-refractivity contribution in [3.8, 4) is 11.5 Å². The highest BCUT2D eigenvalue weighted by atomic mass is 16.5. The van der Waals surface area contributed by atoms with Gasteiger partial charge < -0.3 is 9.47 Å². The molecule has 0 heterocycles. The third kappa shape index (κ3) is 6.61. The molecule has 0 aliphatic carbocycles. The van der Waals surface area contributed by atoms with Gasteiger partial charge in [0, 0.05) is 5.41 Å². The van der Waals surface area contributed by atoms with Crippen LogP contribution in [-0.2, 0) is 5.41 Å². The van der Waals surface area contributed by atoms with Crippen LogP contribution in [0.4, 0.5) is 0 Å². The van der Waals surface area contributed by atoms with Gasteiger partial charge in [0.1, 0.15) is 11.5 Å². The number of rotatable bonds is 6. The average Bonchev–Trinajstić information content (AvgIpc) is 2.58. The van der Waals surface area contributed by atoms with Crippen molar-refractivity contribution in [2.45, 2.75) is 60.8 Å². The molecule has 0 fully saturated rings. The molecule has 0 aliphatic heterocycles. The molecule has 0 unspecified atom stereocenters. The summed E-state index contributed by atoms with van der Waals surface area (Å²) in [5.74, 6) is 1.85. The molecular formula is C25H36O2. The van der Waals surface area contributed by atoms with Crippen molar-refractivity contribution in [3.63, 3.8) is 0 Å². The van der Waals surface area contributed by atoms with E-state index in [9.17, 15) is 0 Å². The van der Waals surface area contributed by atoms with Gasteiger partial charge in [-0.05, 0) is 46.2 Å². The molecule has 0 aromatic heterocycles. The molecule has 0 radical (unpaired) electrons. The van der Waals surface area contributed by atoms with Gasteiger partial charge in [0.05, 0.1) is 13.2 Å². The Kier molecular flexibility index (Phi) is 6.29. The van der Waals surface area contributed by atoms with Gasteiger partial charge in [-0.3, -0.25) is 0 Å². The number of hydrogen-bond acceptors (Lipinski definition) is 2. The van der Waals surface area contributed by atoms with E-state index in [1.54, 1.807) is 0 Å². The van der Waals surface area contributed by atoms with E-state index >= 15 is 0 Å². The summed E-state index contributed by atoms with van der Waals surface area (Å²) < 4.78 is 11.8. The lowest BCUT2D eigenvalue weighted by Gasteiger charge is -2.27. The minimum absolute atomic E-state index is 0.0783. The molecule has 27 heavy (non-hydrogen) atoms. The fourth-order valence-electron chi connectivity index (χ4n) is 2.70. The van der Waals surface area contributed by atoms with Gasteiger partial charge in [0.2, 0.25) is 0 Å². The normalized spacial score (nSPS) is 12.7. The highest BCUT2D eigenvalue weighted by Crippen LogP contribution is 2.33. The SMILES string of the molecule is CC(C)(C)COc1ccc(C(C)(C)c2ccc(OCC(C)(C)C)cc2)cc1. The van der Waals surface area contributed by atoms with Crippen LogP contribution < -0.4 is 9.47 Å². The third-order valence-corrected chi connectivity index (χ3v) is 4.50. The second kappa shape index (κ2) is 7.96. The number of hydrogen-bond donors (Lipinski definition) is 0. The van der Waals surface area contributed by atoms with Crippen molar-refractivity contribution < 1.29 is 9.47 Å². The second-order valence-corrected chi connectivity index (χ2v) is 10.4. The maximum atomic E-state index is 5.90. The third-order valence-electron chi connectivity index (χ3n) is 4.50. The van der Waals surface area contributed by atoms with Crippen molar-refractivity contribution in [1.29, 1.82) is 0 Å². The van der Waals surface area contributed by atoms with Gasteiger partial charge in [-0.1, -0.05) is 79.7 Å². The highest BCUT2D eigenvalue weighted by molar-refractivity contribution is 5.41. The smallest absolute Gasteiger partial charge is 0.119 e. The summed E-state index contributed by atoms with van der Waals surface area (Å²) in [5, 5.41) is 0. The van der Waals surface area contributed by atoms with E-state index in [0.29, 0.717) is 13.2 Å². The maximum absolute atomic E-state index is 5.90. The molecule has 0 aliphatic rings. The first-order valence-electron chi connectivity index (χ1n) is 9.84. The summed E-state index contributed by atoms with van der Waals surface area (Å²) in [5.41, 5.74) is 2.79. The average molecular weight is 369 g/mol. The fourth-order valence-corrected chi connectivity index (χ4v) is 2.70. The molecule has 0 bridgehead atoms. The van der Waals surface area contributed by atoms with Gasteiger partial charge in [-0.2, -0.15) is 0 Å². The van der Waals surface area contributed by atoms with Crippen LogP contribution in [0.1, 0.15) is 66.5 Å². The van der Waals surface area contributed by atoms with E-state index in [1.807, 2.05) is 0 Å². The van der Waals surface area contributed by atoms with E-state index in [1.165, 1.54) is 11.1 Å². The van der Waals surface area contributed by atoms with Crippen molar-refractivity contribution in [2.75, 3.05) is 13.2 Å². The quantitative estimate of drug-likeness (QED) is 0.554. The highest BCUT2D eigenvalue weighted by Gasteiger charge is 2.23. The summed E-state index contributed by atoms with van der Waals surface area (Å²) >= 11 is 0. The van der Waals surface area contributed by atoms with Gasteiger partial charge >= 0.3 is 0 Å². The summed E-state index contributed by atoms with van der Waals surface area (Å²) in [6.45, 7) is 19.0. The summed E-state index contributed by atoms with van der Waals surface area (Å²) in [6, 6.07) is 17.0. The maximum Gasteiger partial charge on any atom is 0.119 e. The van der Waals surface area contributed by atoms with Crippen molar-refractivity contribution in [1.82, 2.24) is 0 Å². The Bertz CT molecular complexity index is 647. The molecule has 148 valence electrons. The lowest BCUT2D eigenvalue weighted by atomic mass is 9.78. The molecule has 2 heteroatoms. The molecule has 2 aromatic rings. The zero-order chi connectivity index (χ0) is 20.3. The lowest BCUT2D eigenvalue weighted by molar-refractivity contribution is 0.198. The van der Waals surface area contributed by atoms with Gasteiger partial charge in [0.15, 0.2) is 0 Å². The minimum Gasteiger partial charge on any atom is -0.493 e. The summed E-state index contributed by atoms with van der Waals surface area (Å²) in [7, 11) is 0. The van der Waals surface area contributed by atoms with E-state index in [4.69, 9.17) is 9.47 Å². The van der Waals surface area contributed by atoms with Crippen molar-refractivity contribution in [2.24, 2.45) is 10.8 Å². The van der Waals surface area contributed by atoms with Crippen LogP contribution in [0.25, 0.3) is 0 Å². The van der Waals surface area contributed by atoms with E-state index in [2.05, 4.69) is 104 Å². The Morgan fingerprint density at radius 1 is 0.519 bits per heavy atom.